The third kappa shape index (κ3) is 4.64. The van der Waals surface area contributed by atoms with Crippen molar-refractivity contribution < 1.29 is 24.3 Å². The predicted molar refractivity (Wildman–Crippen MR) is 128 cm³/mol. The monoisotopic (exact) mass is 527 g/mol. The van der Waals surface area contributed by atoms with Crippen LogP contribution in [0.3, 0.4) is 0 Å². The first-order valence-corrected chi connectivity index (χ1v) is 13.2. The number of β-lactam (4-membered cyclic amide) rings is 1. The van der Waals surface area contributed by atoms with Gasteiger partial charge in [0.1, 0.15) is 22.8 Å². The number of fused-ring (bicyclic) bond motifs is 1. The molecule has 1 saturated heterocycles. The number of nitrogen functional groups attached to an aromatic ring is 2. The second-order valence-electron chi connectivity index (χ2n) is 6.60. The number of rotatable bonds is 8. The molecule has 4 heterocycles. The van der Waals surface area contributed by atoms with Gasteiger partial charge in [0.2, 0.25) is 0 Å². The summed E-state index contributed by atoms with van der Waals surface area (Å²) in [7, 11) is 0. The summed E-state index contributed by atoms with van der Waals surface area (Å²) in [5, 5.41) is 19.4. The molecule has 6 N–H and O–H groups in total. The Kier molecular flexibility index (Phi) is 6.78. The molecule has 1 fully saturated rings. The molecule has 174 valence electrons. The number of thiazole rings is 2. The van der Waals surface area contributed by atoms with E-state index in [1.54, 1.807) is 11.6 Å². The van der Waals surface area contributed by atoms with E-state index in [-0.39, 0.29) is 28.8 Å². The lowest BCUT2D eigenvalue weighted by Crippen LogP contribution is -2.71. The molecule has 12 nitrogen and oxygen atoms in total. The number of nitrogens with one attached hydrogen (secondary N) is 1. The van der Waals surface area contributed by atoms with E-state index in [1.165, 1.54) is 45.1 Å². The summed E-state index contributed by atoms with van der Waals surface area (Å²) >= 11 is 5.02. The molecule has 0 bridgehead atoms. The molecular weight excluding hydrogens is 510 g/mol. The van der Waals surface area contributed by atoms with Crippen molar-refractivity contribution in [1.29, 1.82) is 0 Å². The van der Waals surface area contributed by atoms with E-state index < -0.39 is 29.2 Å². The Morgan fingerprint density at radius 2 is 2.06 bits per heavy atom. The van der Waals surface area contributed by atoms with Crippen LogP contribution < -0.4 is 16.8 Å². The summed E-state index contributed by atoms with van der Waals surface area (Å²) in [5.41, 5.74) is 11.8. The average molecular weight is 528 g/mol. The Bertz CT molecular complexity index is 1180. The van der Waals surface area contributed by atoms with Crippen LogP contribution >= 0.6 is 46.2 Å². The number of nitrogens with zero attached hydrogens (tertiary/aromatic N) is 4. The molecule has 0 saturated carbocycles. The van der Waals surface area contributed by atoms with Gasteiger partial charge in [-0.2, -0.15) is 0 Å². The molecule has 4 rings (SSSR count). The number of nitrogens with two attached hydrogens (primary N) is 2. The molecule has 2 aliphatic heterocycles. The molecule has 2 aliphatic rings. The lowest BCUT2D eigenvalue weighted by Gasteiger charge is -2.49. The van der Waals surface area contributed by atoms with Gasteiger partial charge >= 0.3 is 5.97 Å². The fraction of sp³-hybridized carbons (Fsp3) is 0.294. The molecule has 0 spiro atoms. The van der Waals surface area contributed by atoms with Gasteiger partial charge in [-0.1, -0.05) is 5.16 Å². The first-order valence-electron chi connectivity index (χ1n) is 9.17. The summed E-state index contributed by atoms with van der Waals surface area (Å²) in [6, 6.07) is -0.917. The highest BCUT2D eigenvalue weighted by Crippen LogP contribution is 2.42. The molecule has 33 heavy (non-hydrogen) atoms. The maximum Gasteiger partial charge on any atom is 0.353 e. The summed E-state index contributed by atoms with van der Waals surface area (Å²) in [6.07, 6.45) is 1.75. The van der Waals surface area contributed by atoms with Gasteiger partial charge < -0.3 is 26.7 Å². The second-order valence-corrected chi connectivity index (χ2v) is 10.4. The van der Waals surface area contributed by atoms with E-state index in [0.717, 1.165) is 11.3 Å². The van der Waals surface area contributed by atoms with Gasteiger partial charge in [0.05, 0.1) is 5.69 Å². The van der Waals surface area contributed by atoms with Crippen molar-refractivity contribution in [2.75, 3.05) is 23.5 Å². The Labute approximate surface area is 203 Å². The van der Waals surface area contributed by atoms with Crippen LogP contribution in [0, 0.1) is 0 Å². The highest BCUT2D eigenvalue weighted by atomic mass is 32.2. The number of carbonyl (C=O) groups is 3. The van der Waals surface area contributed by atoms with Crippen molar-refractivity contribution >= 4 is 80.0 Å². The van der Waals surface area contributed by atoms with Gasteiger partial charge in [0.15, 0.2) is 22.6 Å². The SMILES string of the molecule is CSC1=C(C(=O)O)N2C(=O)C(NC(=O)/C(=N\OCc3csc(N)n3)c3csc(N)n3)[C@H]2SC1. The Morgan fingerprint density at radius 1 is 1.33 bits per heavy atom. The topological polar surface area (TPSA) is 186 Å². The minimum atomic E-state index is -1.18. The Hall–Kier alpha value is -2.82. The Balaban J connectivity index is 1.50. The quantitative estimate of drug-likeness (QED) is 0.215. The van der Waals surface area contributed by atoms with Crippen LogP contribution in [0.2, 0.25) is 0 Å². The number of thioether (sulfide) groups is 2. The highest BCUT2D eigenvalue weighted by molar-refractivity contribution is 8.05. The third-order valence-electron chi connectivity index (χ3n) is 4.59. The van der Waals surface area contributed by atoms with Gasteiger partial charge in [-0.3, -0.25) is 14.5 Å². The van der Waals surface area contributed by atoms with E-state index in [0.29, 0.717) is 21.5 Å². The van der Waals surface area contributed by atoms with E-state index in [2.05, 4.69) is 20.4 Å². The molecule has 0 aromatic carbocycles. The summed E-state index contributed by atoms with van der Waals surface area (Å²) in [6.45, 7) is -0.0249. The van der Waals surface area contributed by atoms with E-state index in [4.69, 9.17) is 16.3 Å². The van der Waals surface area contributed by atoms with Gasteiger partial charge in [-0.05, 0) is 6.26 Å². The minimum absolute atomic E-state index is 0.0249. The number of carboxylic acid groups (broad SMARTS) is 1. The van der Waals surface area contributed by atoms with Crippen LogP contribution in [0.4, 0.5) is 10.3 Å². The van der Waals surface area contributed by atoms with Crippen LogP contribution in [0.5, 0.6) is 0 Å². The van der Waals surface area contributed by atoms with Crippen molar-refractivity contribution in [1.82, 2.24) is 20.2 Å². The maximum absolute atomic E-state index is 13.0. The number of anilines is 2. The Morgan fingerprint density at radius 3 is 2.67 bits per heavy atom. The molecule has 2 aromatic heterocycles. The number of oxime groups is 1. The number of aromatic nitrogens is 2. The predicted octanol–water partition coefficient (Wildman–Crippen LogP) is 0.744. The molecule has 1 unspecified atom stereocenters. The fourth-order valence-electron chi connectivity index (χ4n) is 3.11. The molecule has 0 radical (unpaired) electrons. The van der Waals surface area contributed by atoms with Crippen molar-refractivity contribution in [3.8, 4) is 0 Å². The average Bonchev–Trinajstić information content (AvgIpc) is 3.41. The van der Waals surface area contributed by atoms with Crippen molar-refractivity contribution in [3.05, 3.63) is 32.8 Å². The van der Waals surface area contributed by atoms with E-state index in [1.807, 2.05) is 0 Å². The standard InChI is InChI=1S/C17H17N7O5S4/c1-30-8-5-31-14-10(13(26)24(14)11(8)15(27)28)22-12(25)9(7-4-33-17(19)21-7)23-29-2-6-3-32-16(18)20-6/h3-4,10,14H,2,5H2,1H3,(H2,18,20)(H2,19,21)(H,22,25)(H,27,28)/b23-9-/t10?,14-/m1/s1. The normalized spacial score (nSPS) is 20.3. The molecule has 0 aliphatic carbocycles. The lowest BCUT2D eigenvalue weighted by atomic mass is 10.0. The second kappa shape index (κ2) is 9.58. The fourth-order valence-corrected chi connectivity index (χ4v) is 6.45. The van der Waals surface area contributed by atoms with Gasteiger partial charge in [-0.25, -0.2) is 14.8 Å². The molecular formula is C17H17N7O5S4. The van der Waals surface area contributed by atoms with Gasteiger partial charge in [0.25, 0.3) is 11.8 Å². The number of carboxylic acids is 1. The van der Waals surface area contributed by atoms with Crippen LogP contribution in [0.25, 0.3) is 0 Å². The summed E-state index contributed by atoms with van der Waals surface area (Å²) < 4.78 is 0. The number of hydrogen-bond acceptors (Lipinski definition) is 13. The summed E-state index contributed by atoms with van der Waals surface area (Å²) in [4.78, 5) is 52.6. The van der Waals surface area contributed by atoms with Gasteiger partial charge in [0, 0.05) is 21.4 Å². The third-order valence-corrected chi connectivity index (χ3v) is 8.28. The summed E-state index contributed by atoms with van der Waals surface area (Å²) in [5.74, 6) is -1.97. The minimum Gasteiger partial charge on any atom is -0.477 e. The first-order chi connectivity index (χ1) is 15.8. The van der Waals surface area contributed by atoms with E-state index in [9.17, 15) is 19.5 Å². The van der Waals surface area contributed by atoms with Crippen molar-refractivity contribution in [2.24, 2.45) is 5.16 Å². The number of amides is 2. The zero-order valence-corrected chi connectivity index (χ0v) is 20.1. The smallest absolute Gasteiger partial charge is 0.353 e. The maximum atomic E-state index is 13.0. The van der Waals surface area contributed by atoms with Gasteiger partial charge in [-0.15, -0.1) is 46.2 Å². The highest BCUT2D eigenvalue weighted by Gasteiger charge is 2.54. The van der Waals surface area contributed by atoms with Crippen LogP contribution in [-0.4, -0.2) is 66.9 Å². The largest absolute Gasteiger partial charge is 0.477 e. The lowest BCUT2D eigenvalue weighted by molar-refractivity contribution is -0.150. The zero-order chi connectivity index (χ0) is 23.7. The van der Waals surface area contributed by atoms with Crippen LogP contribution in [0.15, 0.2) is 26.5 Å². The molecule has 2 atom stereocenters. The van der Waals surface area contributed by atoms with Crippen LogP contribution in [-0.2, 0) is 25.8 Å². The molecule has 2 aromatic rings. The molecule has 16 heteroatoms. The van der Waals surface area contributed by atoms with Crippen LogP contribution in [0.1, 0.15) is 11.4 Å². The molecule has 2 amide bonds. The van der Waals surface area contributed by atoms with E-state index >= 15 is 0 Å². The first kappa shape index (κ1) is 23.3. The number of hydrogen-bond donors (Lipinski definition) is 4. The zero-order valence-electron chi connectivity index (χ0n) is 16.9. The van der Waals surface area contributed by atoms with Crippen molar-refractivity contribution in [2.45, 2.75) is 18.0 Å². The number of aliphatic carboxylic acids is 1. The van der Waals surface area contributed by atoms with Crippen molar-refractivity contribution in [3.63, 3.8) is 0 Å². The number of carbonyl (C=O) groups excluding carboxylic acids is 2.